The minimum atomic E-state index is -0.414. The summed E-state index contributed by atoms with van der Waals surface area (Å²) in [5.41, 5.74) is 2.64. The number of hydrogen-bond acceptors (Lipinski definition) is 5. The molecule has 4 rings (SSSR count). The molecular formula is C19H14N2O4. The topological polar surface area (TPSA) is 85.3 Å². The Balaban J connectivity index is 1.58. The lowest BCUT2D eigenvalue weighted by molar-refractivity contribution is -0.115. The maximum Gasteiger partial charge on any atom is 0.336 e. The van der Waals surface area contributed by atoms with Crippen LogP contribution in [0.2, 0.25) is 0 Å². The lowest BCUT2D eigenvalue weighted by atomic mass is 10.1. The quantitative estimate of drug-likeness (QED) is 0.580. The highest BCUT2D eigenvalue weighted by Gasteiger charge is 2.13. The van der Waals surface area contributed by atoms with Gasteiger partial charge in [-0.2, -0.15) is 0 Å². The zero-order chi connectivity index (χ0) is 17.4. The number of fused-ring (bicyclic) bond motifs is 2. The normalized spacial score (nSPS) is 11.1. The highest BCUT2D eigenvalue weighted by molar-refractivity contribution is 5.96. The van der Waals surface area contributed by atoms with Crippen molar-refractivity contribution in [3.05, 3.63) is 70.2 Å². The number of hydrogen-bond donors (Lipinski definition) is 1. The van der Waals surface area contributed by atoms with Crippen LogP contribution in [0.25, 0.3) is 21.9 Å². The molecule has 2 aromatic heterocycles. The van der Waals surface area contributed by atoms with Crippen molar-refractivity contribution in [3.63, 3.8) is 0 Å². The number of carbonyl (C=O) groups is 1. The molecule has 6 heteroatoms. The van der Waals surface area contributed by atoms with E-state index in [0.717, 1.165) is 16.3 Å². The van der Waals surface area contributed by atoms with Crippen molar-refractivity contribution in [1.82, 2.24) is 5.16 Å². The Labute approximate surface area is 142 Å². The molecule has 2 aromatic carbocycles. The molecule has 25 heavy (non-hydrogen) atoms. The molecule has 4 aromatic rings. The molecule has 124 valence electrons. The highest BCUT2D eigenvalue weighted by atomic mass is 16.5. The van der Waals surface area contributed by atoms with Crippen molar-refractivity contribution in [2.75, 3.05) is 5.32 Å². The van der Waals surface area contributed by atoms with E-state index in [1.807, 2.05) is 31.2 Å². The van der Waals surface area contributed by atoms with Crippen LogP contribution in [0.1, 0.15) is 11.3 Å². The van der Waals surface area contributed by atoms with E-state index in [4.69, 9.17) is 8.94 Å². The Bertz CT molecular complexity index is 1160. The molecule has 0 saturated heterocycles. The largest absolute Gasteiger partial charge is 0.423 e. The second-order valence-corrected chi connectivity index (χ2v) is 5.81. The Morgan fingerprint density at radius 3 is 2.80 bits per heavy atom. The minimum absolute atomic E-state index is 0.0901. The second kappa shape index (κ2) is 5.90. The first-order valence-electron chi connectivity index (χ1n) is 7.78. The van der Waals surface area contributed by atoms with Gasteiger partial charge in [-0.25, -0.2) is 4.79 Å². The average Bonchev–Trinajstić information content (AvgIpc) is 2.97. The van der Waals surface area contributed by atoms with Gasteiger partial charge in [0.15, 0.2) is 5.58 Å². The van der Waals surface area contributed by atoms with Gasteiger partial charge in [0.1, 0.15) is 11.3 Å². The minimum Gasteiger partial charge on any atom is -0.423 e. The number of amides is 1. The average molecular weight is 334 g/mol. The fraction of sp³-hybridized carbons (Fsp3) is 0.105. The van der Waals surface area contributed by atoms with Gasteiger partial charge in [0.2, 0.25) is 5.91 Å². The number of nitrogens with zero attached hydrogens (tertiary/aromatic N) is 1. The summed E-state index contributed by atoms with van der Waals surface area (Å²) in [7, 11) is 0. The summed E-state index contributed by atoms with van der Waals surface area (Å²) in [6.45, 7) is 1.84. The Hall–Kier alpha value is -3.41. The third-order valence-electron chi connectivity index (χ3n) is 4.02. The summed E-state index contributed by atoms with van der Waals surface area (Å²) in [6, 6.07) is 14.1. The van der Waals surface area contributed by atoms with E-state index >= 15 is 0 Å². The van der Waals surface area contributed by atoms with Crippen LogP contribution in [0.5, 0.6) is 0 Å². The van der Waals surface area contributed by atoms with Gasteiger partial charge in [0.05, 0.1) is 6.42 Å². The highest BCUT2D eigenvalue weighted by Crippen LogP contribution is 2.22. The molecule has 0 bridgehead atoms. The number of aromatic nitrogens is 1. The number of aryl methyl sites for hydroxylation is 1. The number of anilines is 1. The SMILES string of the molecule is Cc1cc(=O)oc2cc(NC(=O)Cc3noc4ccccc34)ccc12. The standard InChI is InChI=1S/C19H14N2O4/c1-11-8-19(23)24-17-9-12(6-7-13(11)17)20-18(22)10-15-14-4-2-3-5-16(14)25-21-15/h2-9H,10H2,1H3,(H,20,22). The predicted molar refractivity (Wildman–Crippen MR) is 93.6 cm³/mol. The zero-order valence-corrected chi connectivity index (χ0v) is 13.4. The van der Waals surface area contributed by atoms with Gasteiger partial charge in [-0.1, -0.05) is 17.3 Å². The van der Waals surface area contributed by atoms with E-state index < -0.39 is 5.63 Å². The molecule has 0 radical (unpaired) electrons. The molecule has 0 saturated carbocycles. The van der Waals surface area contributed by atoms with Crippen LogP contribution in [0.4, 0.5) is 5.69 Å². The summed E-state index contributed by atoms with van der Waals surface area (Å²) < 4.78 is 10.4. The van der Waals surface area contributed by atoms with Crippen molar-refractivity contribution < 1.29 is 13.7 Å². The van der Waals surface area contributed by atoms with Crippen LogP contribution >= 0.6 is 0 Å². The maximum atomic E-state index is 12.3. The molecule has 0 fully saturated rings. The number of para-hydroxylation sites is 1. The summed E-state index contributed by atoms with van der Waals surface area (Å²) in [5, 5.41) is 8.40. The van der Waals surface area contributed by atoms with Crippen LogP contribution in [0, 0.1) is 6.92 Å². The molecule has 0 spiro atoms. The van der Waals surface area contributed by atoms with E-state index in [1.54, 1.807) is 18.2 Å². The van der Waals surface area contributed by atoms with Crippen molar-refractivity contribution in [3.8, 4) is 0 Å². The second-order valence-electron chi connectivity index (χ2n) is 5.81. The Morgan fingerprint density at radius 1 is 1.08 bits per heavy atom. The van der Waals surface area contributed by atoms with Gasteiger partial charge in [0, 0.05) is 28.6 Å². The number of carbonyl (C=O) groups excluding carboxylic acids is 1. The van der Waals surface area contributed by atoms with Gasteiger partial charge < -0.3 is 14.3 Å². The first-order valence-corrected chi connectivity index (χ1v) is 7.78. The van der Waals surface area contributed by atoms with Crippen molar-refractivity contribution in [2.24, 2.45) is 0 Å². The molecule has 0 unspecified atom stereocenters. The Kier molecular flexibility index (Phi) is 3.57. The summed E-state index contributed by atoms with van der Waals surface area (Å²) >= 11 is 0. The van der Waals surface area contributed by atoms with Crippen LogP contribution in [0.15, 0.2) is 62.3 Å². The Morgan fingerprint density at radius 2 is 1.92 bits per heavy atom. The van der Waals surface area contributed by atoms with Gasteiger partial charge in [-0.15, -0.1) is 0 Å². The molecule has 0 aliphatic heterocycles. The van der Waals surface area contributed by atoms with Gasteiger partial charge in [-0.3, -0.25) is 4.79 Å². The monoisotopic (exact) mass is 334 g/mol. The molecule has 0 atom stereocenters. The van der Waals surface area contributed by atoms with E-state index in [9.17, 15) is 9.59 Å². The molecule has 2 heterocycles. The van der Waals surface area contributed by atoms with Gasteiger partial charge >= 0.3 is 5.63 Å². The molecule has 6 nitrogen and oxygen atoms in total. The fourth-order valence-corrected chi connectivity index (χ4v) is 2.83. The third kappa shape index (κ3) is 2.89. The predicted octanol–water partition coefficient (Wildman–Crippen LogP) is 3.42. The molecule has 1 N–H and O–H groups in total. The molecule has 0 aliphatic carbocycles. The summed E-state index contributed by atoms with van der Waals surface area (Å²) in [6.07, 6.45) is 0.0901. The molecule has 0 aliphatic rings. The summed E-state index contributed by atoms with van der Waals surface area (Å²) in [5.74, 6) is -0.228. The van der Waals surface area contributed by atoms with E-state index in [-0.39, 0.29) is 12.3 Å². The van der Waals surface area contributed by atoms with E-state index in [1.165, 1.54) is 6.07 Å². The van der Waals surface area contributed by atoms with Crippen molar-refractivity contribution in [1.29, 1.82) is 0 Å². The first kappa shape index (κ1) is 15.1. The molecular weight excluding hydrogens is 320 g/mol. The van der Waals surface area contributed by atoms with Crippen LogP contribution in [0.3, 0.4) is 0 Å². The third-order valence-corrected chi connectivity index (χ3v) is 4.02. The smallest absolute Gasteiger partial charge is 0.336 e. The zero-order valence-electron chi connectivity index (χ0n) is 13.4. The van der Waals surface area contributed by atoms with Crippen molar-refractivity contribution >= 4 is 33.5 Å². The van der Waals surface area contributed by atoms with Crippen LogP contribution < -0.4 is 10.9 Å². The lowest BCUT2D eigenvalue weighted by Gasteiger charge is -2.06. The lowest BCUT2D eigenvalue weighted by Crippen LogP contribution is -2.14. The molecule has 1 amide bonds. The summed E-state index contributed by atoms with van der Waals surface area (Å²) in [4.78, 5) is 23.8. The van der Waals surface area contributed by atoms with E-state index in [2.05, 4.69) is 10.5 Å². The fourth-order valence-electron chi connectivity index (χ4n) is 2.83. The van der Waals surface area contributed by atoms with Gasteiger partial charge in [0.25, 0.3) is 0 Å². The van der Waals surface area contributed by atoms with Crippen LogP contribution in [-0.4, -0.2) is 11.1 Å². The first-order chi connectivity index (χ1) is 12.1. The number of benzene rings is 2. The number of rotatable bonds is 3. The van der Waals surface area contributed by atoms with Crippen LogP contribution in [-0.2, 0) is 11.2 Å². The maximum absolute atomic E-state index is 12.3. The van der Waals surface area contributed by atoms with E-state index in [0.29, 0.717) is 22.5 Å². The van der Waals surface area contributed by atoms with Gasteiger partial charge in [-0.05, 0) is 36.8 Å². The van der Waals surface area contributed by atoms with Crippen molar-refractivity contribution in [2.45, 2.75) is 13.3 Å². The number of nitrogens with one attached hydrogen (secondary N) is 1.